The molecule has 0 bridgehead atoms. The minimum Gasteiger partial charge on any atom is -0.480 e. The van der Waals surface area contributed by atoms with Crippen molar-refractivity contribution in [1.29, 1.82) is 0 Å². The maximum absolute atomic E-state index is 11.4. The topological polar surface area (TPSA) is 78.9 Å². The maximum atomic E-state index is 11.4. The molecule has 6 heteroatoms. The summed E-state index contributed by atoms with van der Waals surface area (Å²) < 4.78 is 0. The van der Waals surface area contributed by atoms with Crippen LogP contribution in [0.5, 0.6) is 0 Å². The molecule has 0 amide bonds. The molecule has 1 aromatic carbocycles. The van der Waals surface area contributed by atoms with Gasteiger partial charge in [-0.2, -0.15) is 0 Å². The standard InChI is InChI=1S/C15H19N3O2S/c1-10(2)13-16-15(18-17-13)21-12(14(19)20)9-8-11-6-4-3-5-7-11/h3-7,10,12H,8-9H2,1-2H3,(H,19,20)(H,16,17,18). The molecule has 112 valence electrons. The molecule has 21 heavy (non-hydrogen) atoms. The normalized spacial score (nSPS) is 12.5. The van der Waals surface area contributed by atoms with Gasteiger partial charge in [0.05, 0.1) is 0 Å². The number of hydrogen-bond donors (Lipinski definition) is 2. The van der Waals surface area contributed by atoms with Crippen LogP contribution in [0, 0.1) is 0 Å². The van der Waals surface area contributed by atoms with Crippen LogP contribution in [0.2, 0.25) is 0 Å². The number of aryl methyl sites for hydroxylation is 1. The molecule has 2 rings (SSSR count). The lowest BCUT2D eigenvalue weighted by Crippen LogP contribution is -2.17. The number of aliphatic carboxylic acids is 1. The first-order valence-electron chi connectivity index (χ1n) is 6.92. The maximum Gasteiger partial charge on any atom is 0.317 e. The van der Waals surface area contributed by atoms with Crippen molar-refractivity contribution in [1.82, 2.24) is 15.2 Å². The lowest BCUT2D eigenvalue weighted by Gasteiger charge is -2.09. The quantitative estimate of drug-likeness (QED) is 0.768. The molecule has 0 aliphatic carbocycles. The Morgan fingerprint density at radius 1 is 1.33 bits per heavy atom. The second kappa shape index (κ2) is 7.26. The number of nitrogens with one attached hydrogen (secondary N) is 1. The van der Waals surface area contributed by atoms with Crippen molar-refractivity contribution in [2.75, 3.05) is 0 Å². The second-order valence-electron chi connectivity index (χ2n) is 5.13. The van der Waals surface area contributed by atoms with Gasteiger partial charge in [-0.1, -0.05) is 55.9 Å². The van der Waals surface area contributed by atoms with E-state index in [1.807, 2.05) is 44.2 Å². The molecule has 0 saturated carbocycles. The predicted octanol–water partition coefficient (Wildman–Crippen LogP) is 3.11. The Morgan fingerprint density at radius 2 is 2.05 bits per heavy atom. The van der Waals surface area contributed by atoms with Gasteiger partial charge in [0.25, 0.3) is 0 Å². The SMILES string of the molecule is CC(C)c1nc(SC(CCc2ccccc2)C(=O)O)n[nH]1. The zero-order valence-corrected chi connectivity index (χ0v) is 12.9. The number of aromatic nitrogens is 3. The molecular formula is C15H19N3O2S. The van der Waals surface area contributed by atoms with Crippen LogP contribution in [0.1, 0.15) is 37.6 Å². The highest BCUT2D eigenvalue weighted by Gasteiger charge is 2.21. The van der Waals surface area contributed by atoms with E-state index in [0.29, 0.717) is 11.6 Å². The van der Waals surface area contributed by atoms with Crippen molar-refractivity contribution in [2.45, 2.75) is 43.0 Å². The number of carboxylic acids is 1. The zero-order chi connectivity index (χ0) is 15.2. The van der Waals surface area contributed by atoms with Crippen LogP contribution in [0.15, 0.2) is 35.5 Å². The van der Waals surface area contributed by atoms with Gasteiger partial charge in [-0.05, 0) is 18.4 Å². The van der Waals surface area contributed by atoms with E-state index in [4.69, 9.17) is 0 Å². The van der Waals surface area contributed by atoms with E-state index < -0.39 is 11.2 Å². The van der Waals surface area contributed by atoms with Gasteiger partial charge < -0.3 is 5.11 Å². The van der Waals surface area contributed by atoms with Gasteiger partial charge in [0.1, 0.15) is 11.1 Å². The Labute approximate surface area is 128 Å². The summed E-state index contributed by atoms with van der Waals surface area (Å²) in [6.07, 6.45) is 1.28. The molecule has 5 nitrogen and oxygen atoms in total. The van der Waals surface area contributed by atoms with Crippen LogP contribution in [0.25, 0.3) is 0 Å². The molecule has 1 atom stereocenters. The number of H-pyrrole nitrogens is 1. The van der Waals surface area contributed by atoms with E-state index in [1.54, 1.807) is 0 Å². The molecule has 0 saturated heterocycles. The molecule has 0 aliphatic rings. The molecule has 2 aromatic rings. The second-order valence-corrected chi connectivity index (χ2v) is 6.30. The number of nitrogens with zero attached hydrogens (tertiary/aromatic N) is 2. The predicted molar refractivity (Wildman–Crippen MR) is 82.5 cm³/mol. The number of aromatic amines is 1. The van der Waals surface area contributed by atoms with Crippen molar-refractivity contribution < 1.29 is 9.90 Å². The van der Waals surface area contributed by atoms with Gasteiger partial charge in [0.2, 0.25) is 5.16 Å². The summed E-state index contributed by atoms with van der Waals surface area (Å²) in [5, 5.41) is 16.2. The Balaban J connectivity index is 1.97. The summed E-state index contributed by atoms with van der Waals surface area (Å²) in [6.45, 7) is 4.03. The first-order chi connectivity index (χ1) is 10.1. The number of benzene rings is 1. The smallest absolute Gasteiger partial charge is 0.317 e. The molecule has 2 N–H and O–H groups in total. The highest BCUT2D eigenvalue weighted by atomic mass is 32.2. The Kier molecular flexibility index (Phi) is 5.38. The fourth-order valence-corrected chi connectivity index (χ4v) is 2.71. The van der Waals surface area contributed by atoms with Crippen molar-refractivity contribution in [3.8, 4) is 0 Å². The fourth-order valence-electron chi connectivity index (χ4n) is 1.87. The van der Waals surface area contributed by atoms with E-state index in [9.17, 15) is 9.90 Å². The van der Waals surface area contributed by atoms with Crippen molar-refractivity contribution in [2.24, 2.45) is 0 Å². The first kappa shape index (κ1) is 15.6. The van der Waals surface area contributed by atoms with E-state index in [2.05, 4.69) is 15.2 Å². The summed E-state index contributed by atoms with van der Waals surface area (Å²) in [5.41, 5.74) is 1.14. The van der Waals surface area contributed by atoms with Gasteiger partial charge in [-0.3, -0.25) is 9.89 Å². The third-order valence-electron chi connectivity index (χ3n) is 3.09. The number of carbonyl (C=O) groups is 1. The fraction of sp³-hybridized carbons (Fsp3) is 0.400. The summed E-state index contributed by atoms with van der Waals surface area (Å²) in [7, 11) is 0. The molecule has 0 radical (unpaired) electrons. The van der Waals surface area contributed by atoms with Gasteiger partial charge in [0.15, 0.2) is 0 Å². The van der Waals surface area contributed by atoms with Crippen LogP contribution in [-0.2, 0) is 11.2 Å². The number of hydrogen-bond acceptors (Lipinski definition) is 4. The van der Waals surface area contributed by atoms with Gasteiger partial charge in [-0.15, -0.1) is 5.10 Å². The zero-order valence-electron chi connectivity index (χ0n) is 12.1. The molecule has 1 aromatic heterocycles. The van der Waals surface area contributed by atoms with Crippen molar-refractivity contribution in [3.05, 3.63) is 41.7 Å². The van der Waals surface area contributed by atoms with Crippen molar-refractivity contribution >= 4 is 17.7 Å². The van der Waals surface area contributed by atoms with Gasteiger partial charge in [-0.25, -0.2) is 4.98 Å². The van der Waals surface area contributed by atoms with Gasteiger partial charge in [0, 0.05) is 5.92 Å². The molecular weight excluding hydrogens is 286 g/mol. The lowest BCUT2D eigenvalue weighted by atomic mass is 10.1. The van der Waals surface area contributed by atoms with Crippen molar-refractivity contribution in [3.63, 3.8) is 0 Å². The van der Waals surface area contributed by atoms with E-state index in [1.165, 1.54) is 11.8 Å². The number of carboxylic acid groups (broad SMARTS) is 1. The summed E-state index contributed by atoms with van der Waals surface area (Å²) in [5.74, 6) is 0.205. The molecule has 1 unspecified atom stereocenters. The Bertz CT molecular complexity index is 584. The average molecular weight is 305 g/mol. The van der Waals surface area contributed by atoms with Crippen LogP contribution in [-0.4, -0.2) is 31.5 Å². The largest absolute Gasteiger partial charge is 0.480 e. The minimum absolute atomic E-state index is 0.249. The summed E-state index contributed by atoms with van der Waals surface area (Å²) in [6, 6.07) is 9.89. The summed E-state index contributed by atoms with van der Waals surface area (Å²) >= 11 is 1.20. The third kappa shape index (κ3) is 4.60. The lowest BCUT2D eigenvalue weighted by molar-refractivity contribution is -0.136. The van der Waals surface area contributed by atoms with E-state index >= 15 is 0 Å². The number of rotatable bonds is 7. The Morgan fingerprint density at radius 3 is 2.62 bits per heavy atom. The van der Waals surface area contributed by atoms with Crippen LogP contribution in [0.4, 0.5) is 0 Å². The molecule has 1 heterocycles. The Hall–Kier alpha value is -1.82. The van der Waals surface area contributed by atoms with E-state index in [0.717, 1.165) is 17.8 Å². The average Bonchev–Trinajstić information content (AvgIpc) is 2.93. The van der Waals surface area contributed by atoms with Crippen LogP contribution < -0.4 is 0 Å². The molecule has 0 fully saturated rings. The van der Waals surface area contributed by atoms with E-state index in [-0.39, 0.29) is 5.92 Å². The first-order valence-corrected chi connectivity index (χ1v) is 7.80. The van der Waals surface area contributed by atoms with Crippen LogP contribution >= 0.6 is 11.8 Å². The third-order valence-corrected chi connectivity index (χ3v) is 4.21. The monoisotopic (exact) mass is 305 g/mol. The minimum atomic E-state index is -0.827. The highest BCUT2D eigenvalue weighted by Crippen LogP contribution is 2.25. The summed E-state index contributed by atoms with van der Waals surface area (Å²) in [4.78, 5) is 15.7. The molecule has 0 spiro atoms. The van der Waals surface area contributed by atoms with Crippen LogP contribution in [0.3, 0.4) is 0 Å². The highest BCUT2D eigenvalue weighted by molar-refractivity contribution is 8.00. The number of thioether (sulfide) groups is 1. The molecule has 0 aliphatic heterocycles. The van der Waals surface area contributed by atoms with Gasteiger partial charge >= 0.3 is 5.97 Å².